The van der Waals surface area contributed by atoms with E-state index in [-0.39, 0.29) is 40.3 Å². The van der Waals surface area contributed by atoms with Gasteiger partial charge in [0.2, 0.25) is 11.7 Å². The molecule has 9 atom stereocenters. The van der Waals surface area contributed by atoms with Crippen molar-refractivity contribution in [2.24, 2.45) is 17.8 Å². The Kier molecular flexibility index (Phi) is 11.6. The Balaban J connectivity index is 1.16. The Morgan fingerprint density at radius 1 is 1.08 bits per heavy atom. The van der Waals surface area contributed by atoms with Crippen molar-refractivity contribution in [2.45, 2.75) is 36.9 Å². The molecule has 5 unspecified atom stereocenters. The van der Waals surface area contributed by atoms with Gasteiger partial charge in [-0.15, -0.1) is 0 Å². The van der Waals surface area contributed by atoms with Gasteiger partial charge in [-0.25, -0.2) is 23.2 Å². The number of H-pyrrole nitrogens is 1. The van der Waals surface area contributed by atoms with Gasteiger partial charge in [-0.05, 0) is 0 Å². The van der Waals surface area contributed by atoms with E-state index in [1.807, 2.05) is 0 Å². The van der Waals surface area contributed by atoms with Crippen LogP contribution in [0.2, 0.25) is 0 Å². The molecule has 30 heteroatoms. The Labute approximate surface area is 290 Å². The maximum absolute atomic E-state index is 12.5. The molecule has 0 aromatic carbocycles. The summed E-state index contributed by atoms with van der Waals surface area (Å²) in [5.74, 6) is -0.231. The first-order valence-corrected chi connectivity index (χ1v) is 19.0. The number of nitrogens with one attached hydrogen (secondary N) is 2. The maximum Gasteiger partial charge on any atom is 0.490 e. The fraction of sp³-hybridized carbons (Fsp3) is 0.500. The van der Waals surface area contributed by atoms with Gasteiger partial charge in [-0.1, -0.05) is 11.6 Å². The van der Waals surface area contributed by atoms with Gasteiger partial charge in [-0.2, -0.15) is 13.6 Å². The number of nitrogens with two attached hydrogens (primary N) is 2. The van der Waals surface area contributed by atoms with Crippen molar-refractivity contribution in [3.05, 3.63) is 35.3 Å². The lowest BCUT2D eigenvalue weighted by Crippen LogP contribution is -2.46. The second-order valence-electron chi connectivity index (χ2n) is 11.0. The number of imidazole rings is 2. The SMILES string of the molecule is C=C1NC(N)=Nc2c1ncn2[C@@H]1OC(COP(=O)(O)OP(=O)(O)OP(=O)(O)OC[C@H](CO)OC(CO)[n+]2cn(C)c3c(=O)[nH]c(N)nc32)[C@@H](O)[C@H]1O. The van der Waals surface area contributed by atoms with Crippen molar-refractivity contribution in [1.82, 2.24) is 29.4 Å². The summed E-state index contributed by atoms with van der Waals surface area (Å²) >= 11 is 0. The predicted molar refractivity (Wildman–Crippen MR) is 169 cm³/mol. The number of anilines is 1. The third-order valence-electron chi connectivity index (χ3n) is 7.22. The van der Waals surface area contributed by atoms with Crippen molar-refractivity contribution in [2.75, 3.05) is 32.2 Å². The third-order valence-corrected chi connectivity index (χ3v) is 11.5. The van der Waals surface area contributed by atoms with E-state index in [0.717, 1.165) is 4.57 Å². The number of nitrogens with zero attached hydrogens (tertiary/aromatic N) is 6. The van der Waals surface area contributed by atoms with E-state index in [4.69, 9.17) is 20.9 Å². The predicted octanol–water partition coefficient (Wildman–Crippen LogP) is -3.60. The van der Waals surface area contributed by atoms with Crippen molar-refractivity contribution in [1.29, 1.82) is 0 Å². The lowest BCUT2D eigenvalue weighted by atomic mass is 10.1. The normalized spacial score (nSPS) is 25.1. The molecule has 288 valence electrons. The molecule has 5 rings (SSSR count). The zero-order valence-corrected chi connectivity index (χ0v) is 29.2. The van der Waals surface area contributed by atoms with Crippen LogP contribution in [-0.4, -0.2) is 116 Å². The molecule has 5 heterocycles. The highest BCUT2D eigenvalue weighted by molar-refractivity contribution is 7.66. The quantitative estimate of drug-likeness (QED) is 0.0492. The molecule has 0 saturated carbocycles. The molecule has 0 spiro atoms. The number of aromatic amines is 1. The van der Waals surface area contributed by atoms with Crippen LogP contribution in [0.4, 0.5) is 11.8 Å². The number of nitrogen functional groups attached to an aromatic ring is 1. The number of aliphatic hydroxyl groups is 4. The standard InChI is InChI=1S/C22H33N10O17P3/c1-9-13-17(27-21(23)26-9)31(7-25-13)20-16(36)15(35)11(47-20)6-45-51(40,41)49-52(42,43)48-50(38,39)44-5-10(3-33)46-12(4-34)32-8-30(2)14-18(32)28-22(24)29-19(14)37/h7-8,10-12,15-16,20,33-36H,1,3-6H2,2H3,(H8-,23,24,26,27,28,29,37,38,39,40,41,42,43)/p+1/t10-,11?,12?,15+,16+,20+/m0/s1. The van der Waals surface area contributed by atoms with Gasteiger partial charge in [-0.3, -0.25) is 28.0 Å². The number of rotatable bonds is 16. The second kappa shape index (κ2) is 15.1. The molecule has 0 bridgehead atoms. The van der Waals surface area contributed by atoms with Gasteiger partial charge in [0.1, 0.15) is 36.7 Å². The van der Waals surface area contributed by atoms with Gasteiger partial charge in [0, 0.05) is 0 Å². The Hall–Kier alpha value is -3.46. The minimum absolute atomic E-state index is 0.0256. The molecule has 0 amide bonds. The molecule has 52 heavy (non-hydrogen) atoms. The van der Waals surface area contributed by atoms with Gasteiger partial charge in [0.25, 0.3) is 11.5 Å². The van der Waals surface area contributed by atoms with E-state index in [1.54, 1.807) is 0 Å². The maximum atomic E-state index is 12.5. The average molecular weight is 803 g/mol. The summed E-state index contributed by atoms with van der Waals surface area (Å²) in [5.41, 5.74) is 11.2. The summed E-state index contributed by atoms with van der Waals surface area (Å²) in [7, 11) is -15.8. The average Bonchev–Trinajstić information content (AvgIpc) is 3.68. The van der Waals surface area contributed by atoms with E-state index in [0.29, 0.717) is 0 Å². The molecule has 0 radical (unpaired) electrons. The number of hydrogen-bond acceptors (Lipinski definition) is 20. The van der Waals surface area contributed by atoms with Crippen LogP contribution < -0.4 is 26.9 Å². The fourth-order valence-electron chi connectivity index (χ4n) is 5.02. The molecular weight excluding hydrogens is 769 g/mol. The van der Waals surface area contributed by atoms with Crippen molar-refractivity contribution >= 4 is 58.1 Å². The summed E-state index contributed by atoms with van der Waals surface area (Å²) in [5, 5.41) is 43.4. The zero-order valence-electron chi connectivity index (χ0n) is 26.5. The van der Waals surface area contributed by atoms with E-state index in [1.165, 1.54) is 28.8 Å². The molecule has 2 aliphatic rings. The lowest BCUT2D eigenvalue weighted by Gasteiger charge is -2.23. The first-order chi connectivity index (χ1) is 24.2. The largest absolute Gasteiger partial charge is 0.490 e. The van der Waals surface area contributed by atoms with Gasteiger partial charge >= 0.3 is 29.1 Å². The van der Waals surface area contributed by atoms with Crippen molar-refractivity contribution < 1.29 is 80.5 Å². The highest BCUT2D eigenvalue weighted by Gasteiger charge is 2.48. The number of aliphatic imine (C=N–C) groups is 1. The Bertz CT molecular complexity index is 2070. The van der Waals surface area contributed by atoms with Crippen LogP contribution in [0.5, 0.6) is 0 Å². The number of phosphoric ester groups is 2. The number of aliphatic hydroxyl groups excluding tert-OH is 4. The van der Waals surface area contributed by atoms with Crippen LogP contribution in [0.15, 0.2) is 29.0 Å². The van der Waals surface area contributed by atoms with E-state index in [2.05, 4.69) is 49.5 Å². The zero-order chi connectivity index (χ0) is 38.3. The Morgan fingerprint density at radius 2 is 1.75 bits per heavy atom. The first-order valence-electron chi connectivity index (χ1n) is 14.5. The highest BCUT2D eigenvalue weighted by atomic mass is 31.3. The molecule has 3 aromatic heterocycles. The van der Waals surface area contributed by atoms with Gasteiger partial charge in [0.05, 0.1) is 38.9 Å². The molecular formula is C22H34N10O17P3+. The lowest BCUT2D eigenvalue weighted by molar-refractivity contribution is -0.746. The summed E-state index contributed by atoms with van der Waals surface area (Å²) in [6.07, 6.45) is -6.83. The van der Waals surface area contributed by atoms with Crippen LogP contribution in [0.25, 0.3) is 16.9 Å². The molecule has 1 saturated heterocycles. The van der Waals surface area contributed by atoms with Crippen LogP contribution >= 0.6 is 23.5 Å². The molecule has 13 N–H and O–H groups in total. The smallest absolute Gasteiger partial charge is 0.394 e. The molecule has 3 aromatic rings. The van der Waals surface area contributed by atoms with Crippen LogP contribution in [-0.2, 0) is 47.9 Å². The number of guanidine groups is 1. The molecule has 0 aliphatic carbocycles. The number of fused-ring (bicyclic) bond motifs is 2. The van der Waals surface area contributed by atoms with Gasteiger partial charge < -0.3 is 61.4 Å². The van der Waals surface area contributed by atoms with Crippen molar-refractivity contribution in [3.8, 4) is 0 Å². The van der Waals surface area contributed by atoms with Crippen LogP contribution in [0.3, 0.4) is 0 Å². The minimum atomic E-state index is -5.97. The van der Waals surface area contributed by atoms with E-state index in [9.17, 15) is 53.6 Å². The van der Waals surface area contributed by atoms with E-state index < -0.39 is 92.3 Å². The van der Waals surface area contributed by atoms with Crippen molar-refractivity contribution in [3.63, 3.8) is 0 Å². The second-order valence-corrected chi connectivity index (χ2v) is 15.6. The Morgan fingerprint density at radius 3 is 2.40 bits per heavy atom. The molecule has 1 fully saturated rings. The summed E-state index contributed by atoms with van der Waals surface area (Å²) < 4.78 is 69.4. The first kappa shape index (κ1) is 39.7. The topological polar surface area (TPSA) is 397 Å². The summed E-state index contributed by atoms with van der Waals surface area (Å²) in [6, 6.07) is 0. The highest BCUT2D eigenvalue weighted by Crippen LogP contribution is 2.67. The number of hydrogen-bond donors (Lipinski definition) is 11. The number of aromatic nitrogens is 6. The summed E-state index contributed by atoms with van der Waals surface area (Å²) in [6.45, 7) is -0.0678. The number of aryl methyl sites for hydroxylation is 1. The minimum Gasteiger partial charge on any atom is -0.394 e. The third kappa shape index (κ3) is 8.67. The molecule has 27 nitrogen and oxygen atoms in total. The van der Waals surface area contributed by atoms with E-state index >= 15 is 0 Å². The van der Waals surface area contributed by atoms with Crippen LogP contribution in [0, 0.1) is 0 Å². The van der Waals surface area contributed by atoms with Crippen LogP contribution in [0.1, 0.15) is 18.1 Å². The number of phosphoric acid groups is 3. The molecule has 2 aliphatic heterocycles. The van der Waals surface area contributed by atoms with Gasteiger partial charge in [0.15, 0.2) is 24.3 Å². The summed E-state index contributed by atoms with van der Waals surface area (Å²) in [4.78, 5) is 56.7. The fourth-order valence-corrected chi connectivity index (χ4v) is 8.56. The monoisotopic (exact) mass is 803 g/mol. The number of ether oxygens (including phenoxy) is 2.